The predicted molar refractivity (Wildman–Crippen MR) is 106 cm³/mol. The molecule has 2 aromatic carbocycles. The van der Waals surface area contributed by atoms with Crippen molar-refractivity contribution in [3.63, 3.8) is 0 Å². The van der Waals surface area contributed by atoms with Crippen molar-refractivity contribution in [1.29, 1.82) is 0 Å². The zero-order chi connectivity index (χ0) is 17.5. The van der Waals surface area contributed by atoms with Crippen LogP contribution in [0.4, 0.5) is 5.69 Å². The molecule has 1 fully saturated rings. The second-order valence-corrected chi connectivity index (χ2v) is 6.23. The van der Waals surface area contributed by atoms with Gasteiger partial charge in [0.2, 0.25) is 0 Å². The summed E-state index contributed by atoms with van der Waals surface area (Å²) in [5, 5.41) is 7.17. The normalized spacial score (nSPS) is 15.7. The average molecular weight is 356 g/mol. The molecule has 0 amide bonds. The van der Waals surface area contributed by atoms with Gasteiger partial charge in [-0.05, 0) is 23.8 Å². The van der Waals surface area contributed by atoms with Crippen LogP contribution in [-0.2, 0) is 0 Å². The molecule has 25 heavy (non-hydrogen) atoms. The molecule has 4 nitrogen and oxygen atoms in total. The van der Waals surface area contributed by atoms with Crippen LogP contribution in [0.25, 0.3) is 6.08 Å². The molecule has 2 aromatic rings. The SMILES string of the molecule is COc1ccccc1N1CCN(N=CC(Cl)=Cc2ccccc2)CC1. The lowest BCUT2D eigenvalue weighted by molar-refractivity contribution is 0.271. The van der Waals surface area contributed by atoms with E-state index in [2.05, 4.69) is 16.1 Å². The molecule has 0 N–H and O–H groups in total. The van der Waals surface area contributed by atoms with E-state index in [1.54, 1.807) is 13.3 Å². The number of halogens is 1. The number of ether oxygens (including phenoxy) is 1. The third kappa shape index (κ3) is 4.77. The number of hydrogen-bond donors (Lipinski definition) is 0. The van der Waals surface area contributed by atoms with Crippen molar-refractivity contribution in [2.24, 2.45) is 5.10 Å². The second-order valence-electron chi connectivity index (χ2n) is 5.80. The molecule has 1 aliphatic rings. The van der Waals surface area contributed by atoms with Crippen molar-refractivity contribution in [3.8, 4) is 5.75 Å². The lowest BCUT2D eigenvalue weighted by atomic mass is 10.2. The zero-order valence-corrected chi connectivity index (χ0v) is 15.1. The lowest BCUT2D eigenvalue weighted by Gasteiger charge is -2.35. The minimum Gasteiger partial charge on any atom is -0.495 e. The Morgan fingerprint density at radius 1 is 1.00 bits per heavy atom. The molecule has 0 atom stereocenters. The number of piperazine rings is 1. The van der Waals surface area contributed by atoms with Crippen LogP contribution in [0, 0.1) is 0 Å². The van der Waals surface area contributed by atoms with Gasteiger partial charge >= 0.3 is 0 Å². The summed E-state index contributed by atoms with van der Waals surface area (Å²) >= 11 is 6.26. The molecule has 0 spiro atoms. The van der Waals surface area contributed by atoms with Crippen molar-refractivity contribution in [2.45, 2.75) is 0 Å². The van der Waals surface area contributed by atoms with Gasteiger partial charge in [-0.15, -0.1) is 0 Å². The van der Waals surface area contributed by atoms with Gasteiger partial charge in [-0.1, -0.05) is 54.1 Å². The smallest absolute Gasteiger partial charge is 0.142 e. The highest BCUT2D eigenvalue weighted by atomic mass is 35.5. The van der Waals surface area contributed by atoms with Crippen molar-refractivity contribution in [2.75, 3.05) is 38.2 Å². The molecule has 5 heteroatoms. The van der Waals surface area contributed by atoms with Gasteiger partial charge in [0, 0.05) is 13.1 Å². The number of nitrogens with zero attached hydrogens (tertiary/aromatic N) is 3. The standard InChI is InChI=1S/C20H22ClN3O/c1-25-20-10-6-5-9-19(20)23-11-13-24(14-12-23)22-16-18(21)15-17-7-3-2-4-8-17/h2-10,15-16H,11-14H2,1H3. The Hall–Kier alpha value is -2.46. The first-order valence-electron chi connectivity index (χ1n) is 8.35. The number of anilines is 1. The summed E-state index contributed by atoms with van der Waals surface area (Å²) in [6.07, 6.45) is 3.63. The van der Waals surface area contributed by atoms with Crippen molar-refractivity contribution in [1.82, 2.24) is 5.01 Å². The summed E-state index contributed by atoms with van der Waals surface area (Å²) in [6.45, 7) is 3.50. The Bertz CT molecular complexity index is 738. The Labute approximate surface area is 154 Å². The summed E-state index contributed by atoms with van der Waals surface area (Å²) in [5.74, 6) is 0.910. The first-order valence-corrected chi connectivity index (χ1v) is 8.73. The van der Waals surface area contributed by atoms with Gasteiger partial charge in [0.15, 0.2) is 0 Å². The number of para-hydroxylation sites is 2. The Balaban J connectivity index is 1.56. The fourth-order valence-corrected chi connectivity index (χ4v) is 3.00. The number of benzene rings is 2. The maximum atomic E-state index is 6.26. The van der Waals surface area contributed by atoms with Gasteiger partial charge in [-0.3, -0.25) is 5.01 Å². The third-order valence-corrected chi connectivity index (χ3v) is 4.34. The molecular formula is C20H22ClN3O. The molecule has 3 rings (SSSR count). The second kappa shape index (κ2) is 8.58. The van der Waals surface area contributed by atoms with E-state index in [9.17, 15) is 0 Å². The average Bonchev–Trinajstić information content (AvgIpc) is 2.67. The third-order valence-electron chi connectivity index (χ3n) is 4.13. The molecule has 0 aromatic heterocycles. The van der Waals surface area contributed by atoms with Crippen LogP contribution in [-0.4, -0.2) is 44.5 Å². The van der Waals surface area contributed by atoms with Crippen molar-refractivity contribution >= 4 is 29.6 Å². The van der Waals surface area contributed by atoms with Gasteiger partial charge in [0.05, 0.1) is 37.1 Å². The van der Waals surface area contributed by atoms with Crippen LogP contribution in [0.3, 0.4) is 0 Å². The Morgan fingerprint density at radius 3 is 2.40 bits per heavy atom. The van der Waals surface area contributed by atoms with Crippen LogP contribution >= 0.6 is 11.6 Å². The van der Waals surface area contributed by atoms with E-state index in [0.29, 0.717) is 5.03 Å². The molecule has 1 heterocycles. The van der Waals surface area contributed by atoms with Gasteiger partial charge in [0.1, 0.15) is 5.75 Å². The highest BCUT2D eigenvalue weighted by Gasteiger charge is 2.18. The maximum absolute atomic E-state index is 6.26. The number of allylic oxidation sites excluding steroid dienone is 1. The first kappa shape index (κ1) is 17.4. The molecule has 0 radical (unpaired) electrons. The number of methoxy groups -OCH3 is 1. The fraction of sp³-hybridized carbons (Fsp3) is 0.250. The van der Waals surface area contributed by atoms with Crippen LogP contribution in [0.2, 0.25) is 0 Å². The Morgan fingerprint density at radius 2 is 1.68 bits per heavy atom. The summed E-state index contributed by atoms with van der Waals surface area (Å²) in [4.78, 5) is 2.33. The Kier molecular flexibility index (Phi) is 5.96. The molecule has 1 saturated heterocycles. The van der Waals surface area contributed by atoms with Crippen LogP contribution < -0.4 is 9.64 Å². The molecule has 130 valence electrons. The quantitative estimate of drug-likeness (QED) is 0.756. The highest BCUT2D eigenvalue weighted by Crippen LogP contribution is 2.28. The summed E-state index contributed by atoms with van der Waals surface area (Å²) < 4.78 is 5.45. The van der Waals surface area contributed by atoms with Crippen LogP contribution in [0.15, 0.2) is 64.7 Å². The number of rotatable bonds is 5. The van der Waals surface area contributed by atoms with Gasteiger partial charge in [0.25, 0.3) is 0 Å². The van der Waals surface area contributed by atoms with Gasteiger partial charge < -0.3 is 9.64 Å². The van der Waals surface area contributed by atoms with E-state index in [0.717, 1.165) is 43.2 Å². The van der Waals surface area contributed by atoms with Crippen LogP contribution in [0.1, 0.15) is 5.56 Å². The monoisotopic (exact) mass is 355 g/mol. The summed E-state index contributed by atoms with van der Waals surface area (Å²) in [6, 6.07) is 18.1. The van der Waals surface area contributed by atoms with Gasteiger partial charge in [-0.25, -0.2) is 0 Å². The minimum atomic E-state index is 0.623. The fourth-order valence-electron chi connectivity index (χ4n) is 2.83. The first-order chi connectivity index (χ1) is 12.3. The molecule has 0 bridgehead atoms. The lowest BCUT2D eigenvalue weighted by Crippen LogP contribution is -2.44. The number of hydrazone groups is 1. The van der Waals surface area contributed by atoms with Gasteiger partial charge in [-0.2, -0.15) is 5.10 Å². The van der Waals surface area contributed by atoms with E-state index >= 15 is 0 Å². The maximum Gasteiger partial charge on any atom is 0.142 e. The van der Waals surface area contributed by atoms with Crippen LogP contribution in [0.5, 0.6) is 5.75 Å². The van der Waals surface area contributed by atoms with E-state index < -0.39 is 0 Å². The molecule has 1 aliphatic heterocycles. The predicted octanol–water partition coefficient (Wildman–Crippen LogP) is 4.08. The highest BCUT2D eigenvalue weighted by molar-refractivity contribution is 6.41. The molecule has 0 unspecified atom stereocenters. The van der Waals surface area contributed by atoms with E-state index in [1.807, 2.05) is 59.6 Å². The van der Waals surface area contributed by atoms with Crippen molar-refractivity contribution in [3.05, 3.63) is 65.2 Å². The topological polar surface area (TPSA) is 28.1 Å². The largest absolute Gasteiger partial charge is 0.495 e. The zero-order valence-electron chi connectivity index (χ0n) is 14.3. The van der Waals surface area contributed by atoms with Crippen molar-refractivity contribution < 1.29 is 4.74 Å². The molecule has 0 aliphatic carbocycles. The van der Waals surface area contributed by atoms with E-state index in [-0.39, 0.29) is 0 Å². The molecular weight excluding hydrogens is 334 g/mol. The van der Waals surface area contributed by atoms with E-state index in [1.165, 1.54) is 0 Å². The number of hydrogen-bond acceptors (Lipinski definition) is 4. The minimum absolute atomic E-state index is 0.623. The summed E-state index contributed by atoms with van der Waals surface area (Å²) in [7, 11) is 1.71. The summed E-state index contributed by atoms with van der Waals surface area (Å²) in [5.41, 5.74) is 2.20. The molecule has 0 saturated carbocycles. The van der Waals surface area contributed by atoms with E-state index in [4.69, 9.17) is 16.3 Å².